The highest BCUT2D eigenvalue weighted by Gasteiger charge is 2.42. The maximum atomic E-state index is 12.8. The molecule has 1 fully saturated rings. The number of hydrogen-bond donors (Lipinski definition) is 2. The Hall–Kier alpha value is -3.90. The second kappa shape index (κ2) is 7.98. The van der Waals surface area contributed by atoms with Crippen molar-refractivity contribution < 1.29 is 22.7 Å². The highest BCUT2D eigenvalue weighted by atomic mass is 19.4. The number of nitrogen functional groups attached to an aromatic ring is 1. The molecule has 2 aromatic carbocycles. The van der Waals surface area contributed by atoms with Gasteiger partial charge in [-0.1, -0.05) is 24.3 Å². The molecule has 0 atom stereocenters. The monoisotopic (exact) mass is 438 g/mol. The van der Waals surface area contributed by atoms with E-state index in [0.717, 1.165) is 17.8 Å². The molecular weight excluding hydrogens is 421 g/mol. The molecule has 1 saturated heterocycles. The topological polar surface area (TPSA) is 101 Å². The van der Waals surface area contributed by atoms with Crippen LogP contribution in [0.2, 0.25) is 0 Å². The standard InChI is InChI=1S/C23H17F3N4O2/c24-23(25,26)20-9-19(28)18(11-29-20)15-5-7-17(8-6-15)22(12-32-13-22)30-21(31)16-3-1-14(10-27)2-4-16/h1-9,11H,12-13H2,(H2,28,29)(H,30,31). The van der Waals surface area contributed by atoms with Gasteiger partial charge in [-0.15, -0.1) is 0 Å². The van der Waals surface area contributed by atoms with Crippen LogP contribution in [0.1, 0.15) is 27.2 Å². The Morgan fingerprint density at radius 3 is 2.28 bits per heavy atom. The molecule has 162 valence electrons. The van der Waals surface area contributed by atoms with E-state index in [9.17, 15) is 18.0 Å². The average molecular weight is 438 g/mol. The maximum Gasteiger partial charge on any atom is 0.433 e. The number of alkyl halides is 3. The zero-order valence-electron chi connectivity index (χ0n) is 16.6. The van der Waals surface area contributed by atoms with Crippen LogP contribution in [-0.2, 0) is 16.5 Å². The second-order valence-corrected chi connectivity index (χ2v) is 7.45. The summed E-state index contributed by atoms with van der Waals surface area (Å²) in [5.41, 5.74) is 6.65. The minimum absolute atomic E-state index is 0.0316. The van der Waals surface area contributed by atoms with Crippen molar-refractivity contribution in [3.63, 3.8) is 0 Å². The van der Waals surface area contributed by atoms with Crippen LogP contribution in [0, 0.1) is 11.3 Å². The molecule has 3 aromatic rings. The third kappa shape index (κ3) is 4.00. The van der Waals surface area contributed by atoms with Gasteiger partial charge in [-0.2, -0.15) is 18.4 Å². The van der Waals surface area contributed by atoms with E-state index in [0.29, 0.717) is 22.3 Å². The van der Waals surface area contributed by atoms with Gasteiger partial charge in [-0.3, -0.25) is 9.78 Å². The van der Waals surface area contributed by atoms with Gasteiger partial charge in [0.05, 0.1) is 24.8 Å². The number of nitriles is 1. The predicted octanol–water partition coefficient (Wildman–Crippen LogP) is 3.88. The zero-order chi connectivity index (χ0) is 22.9. The normalized spacial score (nSPS) is 14.8. The first-order chi connectivity index (χ1) is 15.2. The smallest absolute Gasteiger partial charge is 0.398 e. The first-order valence-corrected chi connectivity index (χ1v) is 9.56. The molecule has 0 aliphatic carbocycles. The molecule has 1 aliphatic rings. The molecule has 6 nitrogen and oxygen atoms in total. The number of halogens is 3. The highest BCUT2D eigenvalue weighted by Crippen LogP contribution is 2.35. The molecule has 32 heavy (non-hydrogen) atoms. The molecular formula is C23H17F3N4O2. The van der Waals surface area contributed by atoms with E-state index in [1.54, 1.807) is 48.5 Å². The molecule has 1 aromatic heterocycles. The van der Waals surface area contributed by atoms with Gasteiger partial charge in [0.1, 0.15) is 11.2 Å². The van der Waals surface area contributed by atoms with Crippen molar-refractivity contribution in [2.45, 2.75) is 11.7 Å². The second-order valence-electron chi connectivity index (χ2n) is 7.45. The molecule has 1 amide bonds. The molecule has 0 spiro atoms. The Balaban J connectivity index is 1.56. The fourth-order valence-electron chi connectivity index (χ4n) is 3.44. The van der Waals surface area contributed by atoms with Gasteiger partial charge in [-0.25, -0.2) is 0 Å². The number of ether oxygens (including phenoxy) is 1. The largest absolute Gasteiger partial charge is 0.433 e. The number of nitrogens with zero attached hydrogens (tertiary/aromatic N) is 2. The van der Waals surface area contributed by atoms with Crippen LogP contribution in [0.5, 0.6) is 0 Å². The van der Waals surface area contributed by atoms with Crippen molar-refractivity contribution in [1.29, 1.82) is 5.26 Å². The van der Waals surface area contributed by atoms with E-state index >= 15 is 0 Å². The summed E-state index contributed by atoms with van der Waals surface area (Å²) in [6.45, 7) is 0.552. The lowest BCUT2D eigenvalue weighted by atomic mass is 9.86. The fraction of sp³-hybridized carbons (Fsp3) is 0.174. The van der Waals surface area contributed by atoms with Gasteiger partial charge in [0.25, 0.3) is 5.91 Å². The highest BCUT2D eigenvalue weighted by molar-refractivity contribution is 5.95. The van der Waals surface area contributed by atoms with Gasteiger partial charge in [0.15, 0.2) is 0 Å². The van der Waals surface area contributed by atoms with Crippen LogP contribution in [0.4, 0.5) is 18.9 Å². The molecule has 0 bridgehead atoms. The van der Waals surface area contributed by atoms with Crippen molar-refractivity contribution in [3.05, 3.63) is 83.2 Å². The fourth-order valence-corrected chi connectivity index (χ4v) is 3.44. The van der Waals surface area contributed by atoms with Gasteiger partial charge in [-0.05, 0) is 41.5 Å². The lowest BCUT2D eigenvalue weighted by molar-refractivity contribution is -0.141. The lowest BCUT2D eigenvalue weighted by Gasteiger charge is -2.42. The van der Waals surface area contributed by atoms with Crippen molar-refractivity contribution in [3.8, 4) is 17.2 Å². The Bertz CT molecular complexity index is 1200. The van der Waals surface area contributed by atoms with E-state index in [2.05, 4.69) is 10.3 Å². The van der Waals surface area contributed by atoms with Gasteiger partial charge >= 0.3 is 6.18 Å². The molecule has 4 rings (SSSR count). The number of aromatic nitrogens is 1. The van der Waals surface area contributed by atoms with Crippen LogP contribution in [0.15, 0.2) is 60.8 Å². The molecule has 3 N–H and O–H groups in total. The Morgan fingerprint density at radius 1 is 1.12 bits per heavy atom. The number of benzene rings is 2. The van der Waals surface area contributed by atoms with E-state index in [4.69, 9.17) is 15.7 Å². The van der Waals surface area contributed by atoms with Crippen molar-refractivity contribution in [1.82, 2.24) is 10.3 Å². The maximum absolute atomic E-state index is 12.8. The number of amides is 1. The molecule has 9 heteroatoms. The summed E-state index contributed by atoms with van der Waals surface area (Å²) in [4.78, 5) is 16.2. The zero-order valence-corrected chi connectivity index (χ0v) is 16.6. The third-order valence-electron chi connectivity index (χ3n) is 5.30. The minimum atomic E-state index is -4.57. The first kappa shape index (κ1) is 21.3. The summed E-state index contributed by atoms with van der Waals surface area (Å²) in [5, 5.41) is 11.9. The number of rotatable bonds is 4. The Labute approximate surface area is 181 Å². The number of carbonyl (C=O) groups is 1. The molecule has 0 radical (unpaired) electrons. The van der Waals surface area contributed by atoms with E-state index in [1.807, 2.05) is 6.07 Å². The molecule has 0 unspecified atom stereocenters. The summed E-state index contributed by atoms with van der Waals surface area (Å²) < 4.78 is 43.8. The number of hydrogen-bond acceptors (Lipinski definition) is 5. The number of anilines is 1. The number of carbonyl (C=O) groups excluding carboxylic acids is 1. The van der Waals surface area contributed by atoms with Crippen LogP contribution in [0.3, 0.4) is 0 Å². The number of pyridine rings is 1. The number of nitrogens with one attached hydrogen (secondary N) is 1. The summed E-state index contributed by atoms with van der Waals surface area (Å²) in [5.74, 6) is -0.307. The number of nitrogens with two attached hydrogens (primary N) is 1. The van der Waals surface area contributed by atoms with Gasteiger partial charge < -0.3 is 15.8 Å². The van der Waals surface area contributed by atoms with Gasteiger partial charge in [0, 0.05) is 23.0 Å². The first-order valence-electron chi connectivity index (χ1n) is 9.56. The Morgan fingerprint density at radius 2 is 1.78 bits per heavy atom. The minimum Gasteiger partial charge on any atom is -0.398 e. The lowest BCUT2D eigenvalue weighted by Crippen LogP contribution is -2.59. The summed E-state index contributed by atoms with van der Waals surface area (Å²) in [6, 6.07) is 16.1. The third-order valence-corrected chi connectivity index (χ3v) is 5.30. The Kier molecular flexibility index (Phi) is 5.32. The average Bonchev–Trinajstić information content (AvgIpc) is 2.76. The molecule has 2 heterocycles. The van der Waals surface area contributed by atoms with Crippen molar-refractivity contribution >= 4 is 11.6 Å². The van der Waals surface area contributed by atoms with Crippen LogP contribution in [-0.4, -0.2) is 24.1 Å². The molecule has 1 aliphatic heterocycles. The van der Waals surface area contributed by atoms with Crippen LogP contribution in [0.25, 0.3) is 11.1 Å². The summed E-state index contributed by atoms with van der Waals surface area (Å²) >= 11 is 0. The van der Waals surface area contributed by atoms with Crippen LogP contribution < -0.4 is 11.1 Å². The summed E-state index contributed by atoms with van der Waals surface area (Å²) in [6.07, 6.45) is -3.47. The van der Waals surface area contributed by atoms with Crippen molar-refractivity contribution in [2.75, 3.05) is 18.9 Å². The quantitative estimate of drug-likeness (QED) is 0.644. The SMILES string of the molecule is N#Cc1ccc(C(=O)NC2(c3ccc(-c4cnc(C(F)(F)F)cc4N)cc3)COC2)cc1. The van der Waals surface area contributed by atoms with E-state index < -0.39 is 17.4 Å². The van der Waals surface area contributed by atoms with Crippen molar-refractivity contribution in [2.24, 2.45) is 0 Å². The molecule has 0 saturated carbocycles. The van der Waals surface area contributed by atoms with Gasteiger partial charge in [0.2, 0.25) is 0 Å². The van der Waals surface area contributed by atoms with E-state index in [-0.39, 0.29) is 24.8 Å². The predicted molar refractivity (Wildman–Crippen MR) is 110 cm³/mol. The van der Waals surface area contributed by atoms with Crippen LogP contribution >= 0.6 is 0 Å². The summed E-state index contributed by atoms with van der Waals surface area (Å²) in [7, 11) is 0. The van der Waals surface area contributed by atoms with E-state index in [1.165, 1.54) is 0 Å².